The molecule has 1 unspecified atom stereocenters. The van der Waals surface area contributed by atoms with Gasteiger partial charge in [-0.1, -0.05) is 29.3 Å². The van der Waals surface area contributed by atoms with Crippen molar-refractivity contribution in [3.8, 4) is 0 Å². The molecule has 3 heteroatoms. The van der Waals surface area contributed by atoms with Crippen LogP contribution in [0.5, 0.6) is 0 Å². The zero-order chi connectivity index (χ0) is 10.6. The number of hydrogen-bond acceptors (Lipinski definition) is 1. The minimum Gasteiger partial charge on any atom is -0.305 e. The topological polar surface area (TPSA) is 3.24 Å². The molecule has 2 aliphatic carbocycles. The summed E-state index contributed by atoms with van der Waals surface area (Å²) in [5.41, 5.74) is 0.531. The number of rotatable bonds is 1. The van der Waals surface area contributed by atoms with Crippen LogP contribution in [0.25, 0.3) is 0 Å². The number of fused-ring (bicyclic) bond motifs is 1. The number of piperidine rings is 1. The van der Waals surface area contributed by atoms with Crippen molar-refractivity contribution in [2.75, 3.05) is 20.1 Å². The molecule has 1 saturated heterocycles. The number of hydrogen-bond donors (Lipinski definition) is 0. The molecule has 15 heavy (non-hydrogen) atoms. The van der Waals surface area contributed by atoms with E-state index in [2.05, 4.69) is 18.0 Å². The molecule has 1 saturated carbocycles. The number of likely N-dealkylation sites (tertiary alicyclic amines) is 1. The van der Waals surface area contributed by atoms with Crippen LogP contribution in [0, 0.1) is 17.3 Å². The fourth-order valence-electron chi connectivity index (χ4n) is 3.40. The van der Waals surface area contributed by atoms with E-state index in [0.29, 0.717) is 11.3 Å². The van der Waals surface area contributed by atoms with Gasteiger partial charge in [-0.15, -0.1) is 0 Å². The predicted molar refractivity (Wildman–Crippen MR) is 64.0 cm³/mol. The molecule has 1 aliphatic heterocycles. The van der Waals surface area contributed by atoms with Gasteiger partial charge in [-0.05, 0) is 43.2 Å². The Morgan fingerprint density at radius 2 is 2.27 bits per heavy atom. The van der Waals surface area contributed by atoms with E-state index in [0.717, 1.165) is 22.4 Å². The maximum atomic E-state index is 6.14. The smallest absolute Gasteiger partial charge is 0.0548 e. The molecule has 0 amide bonds. The molecule has 3 atom stereocenters. The van der Waals surface area contributed by atoms with Crippen molar-refractivity contribution in [1.82, 2.24) is 4.90 Å². The molecule has 0 aromatic heterocycles. The molecule has 1 nitrogen and oxygen atoms in total. The second-order valence-electron chi connectivity index (χ2n) is 5.25. The monoisotopic (exact) mass is 243 g/mol. The summed E-state index contributed by atoms with van der Waals surface area (Å²) in [5, 5.41) is 1.58. The van der Waals surface area contributed by atoms with Crippen molar-refractivity contribution in [2.24, 2.45) is 17.3 Å². The summed E-state index contributed by atoms with van der Waals surface area (Å²) in [7, 11) is 2.21. The Labute approximate surface area is 101 Å². The van der Waals surface area contributed by atoms with E-state index in [4.69, 9.17) is 23.2 Å². The molecule has 0 aromatic rings. The molecule has 0 aromatic carbocycles. The van der Waals surface area contributed by atoms with Crippen LogP contribution in [0.1, 0.15) is 12.8 Å². The third kappa shape index (κ3) is 1.48. The summed E-state index contributed by atoms with van der Waals surface area (Å²) in [5.74, 6) is 1.51. The fourth-order valence-corrected chi connectivity index (χ4v) is 3.78. The fraction of sp³-hybridized carbons (Fsp3) is 0.667. The highest BCUT2D eigenvalue weighted by Crippen LogP contribution is 2.64. The van der Waals surface area contributed by atoms with E-state index in [1.54, 1.807) is 0 Å². The van der Waals surface area contributed by atoms with Crippen molar-refractivity contribution in [3.05, 3.63) is 22.2 Å². The number of halogens is 2. The summed E-state index contributed by atoms with van der Waals surface area (Å²) in [6, 6.07) is 0. The van der Waals surface area contributed by atoms with E-state index < -0.39 is 0 Å². The highest BCUT2D eigenvalue weighted by Gasteiger charge is 2.62. The summed E-state index contributed by atoms with van der Waals surface area (Å²) in [4.78, 5) is 2.44. The van der Waals surface area contributed by atoms with Gasteiger partial charge in [-0.2, -0.15) is 0 Å². The van der Waals surface area contributed by atoms with Crippen LogP contribution < -0.4 is 0 Å². The van der Waals surface area contributed by atoms with E-state index in [1.807, 2.05) is 6.08 Å². The lowest BCUT2D eigenvalue weighted by atomic mass is 9.83. The molecule has 1 heterocycles. The summed E-state index contributed by atoms with van der Waals surface area (Å²) in [6.45, 7) is 2.49. The van der Waals surface area contributed by atoms with Crippen LogP contribution in [-0.4, -0.2) is 25.0 Å². The van der Waals surface area contributed by atoms with Crippen LogP contribution in [-0.2, 0) is 0 Å². The Morgan fingerprint density at radius 1 is 1.47 bits per heavy atom. The molecule has 0 N–H and O–H groups in total. The first kappa shape index (κ1) is 10.2. The van der Waals surface area contributed by atoms with Crippen molar-refractivity contribution < 1.29 is 0 Å². The highest BCUT2D eigenvalue weighted by molar-refractivity contribution is 6.40. The number of allylic oxidation sites excluding steroid dienone is 4. The molecule has 0 radical (unpaired) electrons. The van der Waals surface area contributed by atoms with Gasteiger partial charge in [-0.3, -0.25) is 0 Å². The lowest BCUT2D eigenvalue weighted by Gasteiger charge is -2.26. The van der Waals surface area contributed by atoms with E-state index >= 15 is 0 Å². The normalized spacial score (nSPS) is 44.7. The molecular weight excluding hydrogens is 229 g/mol. The van der Waals surface area contributed by atoms with Gasteiger partial charge in [0.1, 0.15) is 0 Å². The Hall–Kier alpha value is 0.0200. The van der Waals surface area contributed by atoms with Gasteiger partial charge < -0.3 is 4.90 Å². The SMILES string of the molecule is CN1C[C@@H]2C[C@]2(C2C=CC(Cl)=C(Cl)C2)C1. The average molecular weight is 244 g/mol. The highest BCUT2D eigenvalue weighted by atomic mass is 35.5. The van der Waals surface area contributed by atoms with Crippen LogP contribution in [0.2, 0.25) is 0 Å². The minimum atomic E-state index is 0.531. The van der Waals surface area contributed by atoms with Crippen LogP contribution in [0.4, 0.5) is 0 Å². The van der Waals surface area contributed by atoms with Crippen molar-refractivity contribution in [1.29, 1.82) is 0 Å². The predicted octanol–water partition coefficient (Wildman–Crippen LogP) is 3.20. The third-order valence-corrected chi connectivity index (χ3v) is 5.06. The van der Waals surface area contributed by atoms with Gasteiger partial charge in [0.15, 0.2) is 0 Å². The first-order chi connectivity index (χ1) is 7.12. The van der Waals surface area contributed by atoms with Gasteiger partial charge in [0.25, 0.3) is 0 Å². The first-order valence-electron chi connectivity index (χ1n) is 5.53. The van der Waals surface area contributed by atoms with E-state index in [9.17, 15) is 0 Å². The van der Waals surface area contributed by atoms with E-state index in [1.165, 1.54) is 19.5 Å². The molecule has 82 valence electrons. The van der Waals surface area contributed by atoms with Gasteiger partial charge in [0.05, 0.1) is 5.03 Å². The van der Waals surface area contributed by atoms with Crippen molar-refractivity contribution in [2.45, 2.75) is 12.8 Å². The van der Waals surface area contributed by atoms with E-state index in [-0.39, 0.29) is 0 Å². The second kappa shape index (κ2) is 3.26. The molecule has 3 aliphatic rings. The maximum absolute atomic E-state index is 6.14. The lowest BCUT2D eigenvalue weighted by Crippen LogP contribution is -2.25. The van der Waals surface area contributed by atoms with Crippen LogP contribution in [0.3, 0.4) is 0 Å². The Morgan fingerprint density at radius 3 is 2.87 bits per heavy atom. The quantitative estimate of drug-likeness (QED) is 0.684. The zero-order valence-corrected chi connectivity index (χ0v) is 10.4. The molecule has 2 fully saturated rings. The Balaban J connectivity index is 1.79. The van der Waals surface area contributed by atoms with Gasteiger partial charge in [0, 0.05) is 18.1 Å². The van der Waals surface area contributed by atoms with Crippen LogP contribution in [0.15, 0.2) is 22.2 Å². The zero-order valence-electron chi connectivity index (χ0n) is 8.84. The van der Waals surface area contributed by atoms with Gasteiger partial charge >= 0.3 is 0 Å². The molecule has 3 rings (SSSR count). The average Bonchev–Trinajstić information content (AvgIpc) is 2.75. The summed E-state index contributed by atoms with van der Waals surface area (Å²) >= 11 is 12.1. The molecule has 0 spiro atoms. The lowest BCUT2D eigenvalue weighted by molar-refractivity contribution is 0.291. The van der Waals surface area contributed by atoms with Gasteiger partial charge in [-0.25, -0.2) is 0 Å². The summed E-state index contributed by atoms with van der Waals surface area (Å²) in [6.07, 6.45) is 6.59. The number of nitrogens with zero attached hydrogens (tertiary/aromatic N) is 1. The maximum Gasteiger partial charge on any atom is 0.0548 e. The van der Waals surface area contributed by atoms with Crippen molar-refractivity contribution >= 4 is 23.2 Å². The Kier molecular flexibility index (Phi) is 2.21. The largest absolute Gasteiger partial charge is 0.305 e. The first-order valence-corrected chi connectivity index (χ1v) is 6.28. The van der Waals surface area contributed by atoms with Gasteiger partial charge in [0.2, 0.25) is 0 Å². The molecule has 0 bridgehead atoms. The van der Waals surface area contributed by atoms with Crippen LogP contribution >= 0.6 is 23.2 Å². The summed E-state index contributed by atoms with van der Waals surface area (Å²) < 4.78 is 0. The second-order valence-corrected chi connectivity index (χ2v) is 6.12. The third-order valence-electron chi connectivity index (χ3n) is 4.25. The Bertz CT molecular complexity index is 361. The molecular formula is C12H15Cl2N. The minimum absolute atomic E-state index is 0.531. The van der Waals surface area contributed by atoms with Crippen molar-refractivity contribution in [3.63, 3.8) is 0 Å². The standard InChI is InChI=1S/C12H15Cl2N/c1-15-6-9-5-12(9,7-15)8-2-3-10(13)11(14)4-8/h2-3,8-9H,4-7H2,1H3/t8?,9-,12+/m0/s1.